The van der Waals surface area contributed by atoms with Gasteiger partial charge in [-0.15, -0.1) is 5.10 Å². The standard InChI is InChI=1S/C18H14FN3O5/c19-13-4-2-12(3-5-13)17-21-22(18(24)27-17)9-16(23)20-8-11-1-6-14-15(7-11)26-10-25-14/h1-7H,8-10H2,(H,20,23). The summed E-state index contributed by atoms with van der Waals surface area (Å²) in [6.45, 7) is 0.136. The smallest absolute Gasteiger partial charge is 0.437 e. The van der Waals surface area contributed by atoms with Gasteiger partial charge in [0, 0.05) is 12.1 Å². The van der Waals surface area contributed by atoms with Crippen molar-refractivity contribution in [2.75, 3.05) is 6.79 Å². The van der Waals surface area contributed by atoms with E-state index in [1.54, 1.807) is 12.1 Å². The zero-order valence-electron chi connectivity index (χ0n) is 14.0. The van der Waals surface area contributed by atoms with E-state index in [9.17, 15) is 14.0 Å². The van der Waals surface area contributed by atoms with Crippen LogP contribution in [0.5, 0.6) is 11.5 Å². The molecule has 2 heterocycles. The third kappa shape index (κ3) is 3.66. The Labute approximate surface area is 152 Å². The second-order valence-electron chi connectivity index (χ2n) is 5.80. The molecule has 1 amide bonds. The second kappa shape index (κ2) is 6.94. The fraction of sp³-hybridized carbons (Fsp3) is 0.167. The van der Waals surface area contributed by atoms with Gasteiger partial charge in [-0.25, -0.2) is 9.18 Å². The number of nitrogens with zero attached hydrogens (tertiary/aromatic N) is 2. The van der Waals surface area contributed by atoms with Crippen molar-refractivity contribution in [2.24, 2.45) is 0 Å². The van der Waals surface area contributed by atoms with Crippen LogP contribution in [-0.4, -0.2) is 22.5 Å². The third-order valence-corrected chi connectivity index (χ3v) is 3.92. The summed E-state index contributed by atoms with van der Waals surface area (Å²) in [7, 11) is 0. The lowest BCUT2D eigenvalue weighted by Gasteiger charge is -2.05. The molecular formula is C18H14FN3O5. The van der Waals surface area contributed by atoms with E-state index in [2.05, 4.69) is 10.4 Å². The number of ether oxygens (including phenoxy) is 2. The molecule has 1 N–H and O–H groups in total. The first-order valence-electron chi connectivity index (χ1n) is 8.07. The van der Waals surface area contributed by atoms with Gasteiger partial charge in [0.25, 0.3) is 0 Å². The number of carbonyl (C=O) groups is 1. The predicted molar refractivity (Wildman–Crippen MR) is 90.6 cm³/mol. The summed E-state index contributed by atoms with van der Waals surface area (Å²) in [5.41, 5.74) is 1.26. The Morgan fingerprint density at radius 1 is 1.15 bits per heavy atom. The topological polar surface area (TPSA) is 95.6 Å². The first-order valence-corrected chi connectivity index (χ1v) is 8.07. The fourth-order valence-electron chi connectivity index (χ4n) is 2.56. The van der Waals surface area contributed by atoms with E-state index in [1.165, 1.54) is 24.3 Å². The highest BCUT2D eigenvalue weighted by Gasteiger charge is 2.15. The summed E-state index contributed by atoms with van der Waals surface area (Å²) in [5, 5.41) is 6.67. The van der Waals surface area contributed by atoms with E-state index in [-0.39, 0.29) is 25.8 Å². The number of rotatable bonds is 5. The van der Waals surface area contributed by atoms with Crippen molar-refractivity contribution in [1.82, 2.24) is 15.1 Å². The van der Waals surface area contributed by atoms with Gasteiger partial charge >= 0.3 is 5.76 Å². The van der Waals surface area contributed by atoms with Crippen molar-refractivity contribution >= 4 is 5.91 Å². The number of benzene rings is 2. The lowest BCUT2D eigenvalue weighted by molar-refractivity contribution is -0.122. The summed E-state index contributed by atoms with van der Waals surface area (Å²) in [6.07, 6.45) is 0. The quantitative estimate of drug-likeness (QED) is 0.733. The predicted octanol–water partition coefficient (Wildman–Crippen LogP) is 1.69. The van der Waals surface area contributed by atoms with Gasteiger partial charge in [0.15, 0.2) is 11.5 Å². The molecule has 2 aromatic carbocycles. The van der Waals surface area contributed by atoms with Gasteiger partial charge in [0.2, 0.25) is 18.6 Å². The number of carbonyl (C=O) groups excluding carboxylic acids is 1. The van der Waals surface area contributed by atoms with Gasteiger partial charge in [-0.2, -0.15) is 4.68 Å². The molecule has 3 aromatic rings. The molecular weight excluding hydrogens is 357 g/mol. The average Bonchev–Trinajstić information content (AvgIpc) is 3.27. The van der Waals surface area contributed by atoms with Crippen LogP contribution in [0.4, 0.5) is 4.39 Å². The lowest BCUT2D eigenvalue weighted by Crippen LogP contribution is -2.31. The van der Waals surface area contributed by atoms with Gasteiger partial charge in [0.1, 0.15) is 12.4 Å². The largest absolute Gasteiger partial charge is 0.454 e. The van der Waals surface area contributed by atoms with E-state index in [0.717, 1.165) is 10.2 Å². The molecule has 0 atom stereocenters. The first-order chi connectivity index (χ1) is 13.1. The molecule has 0 radical (unpaired) electrons. The molecule has 0 unspecified atom stereocenters. The number of aromatic nitrogens is 2. The number of halogens is 1. The minimum atomic E-state index is -0.771. The Kier molecular flexibility index (Phi) is 4.33. The maximum atomic E-state index is 13.0. The summed E-state index contributed by atoms with van der Waals surface area (Å²) >= 11 is 0. The Hall–Kier alpha value is -3.62. The van der Waals surface area contributed by atoms with Gasteiger partial charge in [-0.05, 0) is 42.0 Å². The van der Waals surface area contributed by atoms with Crippen LogP contribution >= 0.6 is 0 Å². The van der Waals surface area contributed by atoms with Crippen molar-refractivity contribution in [1.29, 1.82) is 0 Å². The van der Waals surface area contributed by atoms with Gasteiger partial charge in [0.05, 0.1) is 0 Å². The summed E-state index contributed by atoms with van der Waals surface area (Å²) in [5.74, 6) is -0.292. The molecule has 1 aliphatic rings. The number of hydrogen-bond acceptors (Lipinski definition) is 6. The highest BCUT2D eigenvalue weighted by molar-refractivity contribution is 5.75. The highest BCUT2D eigenvalue weighted by Crippen LogP contribution is 2.32. The van der Waals surface area contributed by atoms with Crippen molar-refractivity contribution in [2.45, 2.75) is 13.1 Å². The molecule has 0 bridgehead atoms. The molecule has 0 aliphatic carbocycles. The minimum absolute atomic E-state index is 0.0172. The molecule has 0 spiro atoms. The average molecular weight is 371 g/mol. The van der Waals surface area contributed by atoms with Crippen LogP contribution in [0.2, 0.25) is 0 Å². The maximum absolute atomic E-state index is 13.0. The summed E-state index contributed by atoms with van der Waals surface area (Å²) < 4.78 is 29.4. The number of hydrogen-bond donors (Lipinski definition) is 1. The Balaban J connectivity index is 1.39. The van der Waals surface area contributed by atoms with Crippen LogP contribution in [0.15, 0.2) is 51.7 Å². The van der Waals surface area contributed by atoms with Crippen LogP contribution in [0.1, 0.15) is 5.56 Å². The van der Waals surface area contributed by atoms with Crippen LogP contribution < -0.4 is 20.5 Å². The van der Waals surface area contributed by atoms with Gasteiger partial charge in [-0.1, -0.05) is 6.07 Å². The highest BCUT2D eigenvalue weighted by atomic mass is 19.1. The minimum Gasteiger partial charge on any atom is -0.454 e. The molecule has 0 saturated heterocycles. The second-order valence-corrected chi connectivity index (χ2v) is 5.80. The van der Waals surface area contributed by atoms with E-state index in [1.807, 2.05) is 6.07 Å². The van der Waals surface area contributed by atoms with Crippen molar-refractivity contribution < 1.29 is 23.1 Å². The number of fused-ring (bicyclic) bond motifs is 1. The van der Waals surface area contributed by atoms with E-state index < -0.39 is 17.5 Å². The van der Waals surface area contributed by atoms with Crippen molar-refractivity contribution in [3.05, 3.63) is 64.4 Å². The van der Waals surface area contributed by atoms with Gasteiger partial charge in [-0.3, -0.25) is 4.79 Å². The van der Waals surface area contributed by atoms with E-state index >= 15 is 0 Å². The number of amides is 1. The number of nitrogens with one attached hydrogen (secondary N) is 1. The van der Waals surface area contributed by atoms with Gasteiger partial charge < -0.3 is 19.2 Å². The Bertz CT molecular complexity index is 1040. The van der Waals surface area contributed by atoms with Crippen LogP contribution in [0, 0.1) is 5.82 Å². The Morgan fingerprint density at radius 3 is 2.74 bits per heavy atom. The van der Waals surface area contributed by atoms with Crippen molar-refractivity contribution in [3.63, 3.8) is 0 Å². The third-order valence-electron chi connectivity index (χ3n) is 3.92. The molecule has 138 valence electrons. The van der Waals surface area contributed by atoms with Crippen LogP contribution in [-0.2, 0) is 17.9 Å². The Morgan fingerprint density at radius 2 is 1.93 bits per heavy atom. The van der Waals surface area contributed by atoms with E-state index in [4.69, 9.17) is 13.9 Å². The zero-order chi connectivity index (χ0) is 18.8. The summed E-state index contributed by atoms with van der Waals surface area (Å²) in [6, 6.07) is 10.7. The van der Waals surface area contributed by atoms with Crippen LogP contribution in [0.25, 0.3) is 11.5 Å². The van der Waals surface area contributed by atoms with Crippen molar-refractivity contribution in [3.8, 4) is 23.0 Å². The summed E-state index contributed by atoms with van der Waals surface area (Å²) in [4.78, 5) is 24.0. The lowest BCUT2D eigenvalue weighted by atomic mass is 10.2. The monoisotopic (exact) mass is 371 g/mol. The molecule has 8 nitrogen and oxygen atoms in total. The normalized spacial score (nSPS) is 12.2. The molecule has 1 aliphatic heterocycles. The zero-order valence-corrected chi connectivity index (χ0v) is 14.0. The SMILES string of the molecule is O=C(Cn1nc(-c2ccc(F)cc2)oc1=O)NCc1ccc2c(c1)OCO2. The molecule has 0 fully saturated rings. The molecule has 27 heavy (non-hydrogen) atoms. The maximum Gasteiger partial charge on any atom is 0.437 e. The molecule has 0 saturated carbocycles. The first kappa shape index (κ1) is 16.8. The molecule has 9 heteroatoms. The van der Waals surface area contributed by atoms with Crippen LogP contribution in [0.3, 0.4) is 0 Å². The molecule has 1 aromatic heterocycles. The molecule has 4 rings (SSSR count). The fourth-order valence-corrected chi connectivity index (χ4v) is 2.56. The van der Waals surface area contributed by atoms with E-state index in [0.29, 0.717) is 17.1 Å².